The summed E-state index contributed by atoms with van der Waals surface area (Å²) in [5.41, 5.74) is 0.750. The van der Waals surface area contributed by atoms with Gasteiger partial charge in [-0.05, 0) is 31.9 Å². The summed E-state index contributed by atoms with van der Waals surface area (Å²) in [6.07, 6.45) is 1.14. The molecule has 33 heavy (non-hydrogen) atoms. The molecule has 0 spiro atoms. The molecule has 12 heteroatoms. The fraction of sp³-hybridized carbons (Fsp3) is 0.333. The lowest BCUT2D eigenvalue weighted by molar-refractivity contribution is -0.142. The molecule has 1 aliphatic rings. The van der Waals surface area contributed by atoms with Crippen LogP contribution in [0, 0.1) is 0 Å². The van der Waals surface area contributed by atoms with Gasteiger partial charge in [-0.2, -0.15) is 0 Å². The van der Waals surface area contributed by atoms with Crippen LogP contribution in [-0.4, -0.2) is 67.2 Å². The Morgan fingerprint density at radius 2 is 1.64 bits per heavy atom. The van der Waals surface area contributed by atoms with Crippen LogP contribution in [0.3, 0.4) is 0 Å². The zero-order valence-electron chi connectivity index (χ0n) is 17.8. The van der Waals surface area contributed by atoms with Crippen LogP contribution in [0.5, 0.6) is 0 Å². The summed E-state index contributed by atoms with van der Waals surface area (Å²) >= 11 is 6.30. The van der Waals surface area contributed by atoms with Crippen LogP contribution in [0.25, 0.3) is 6.08 Å². The molecule has 4 N–H and O–H groups in total. The summed E-state index contributed by atoms with van der Waals surface area (Å²) in [5.74, 6) is -4.47. The minimum Gasteiger partial charge on any atom is -0.480 e. The number of carboxylic acids is 2. The van der Waals surface area contributed by atoms with Crippen LogP contribution >= 0.6 is 24.0 Å². The second-order valence-corrected chi connectivity index (χ2v) is 8.89. The van der Waals surface area contributed by atoms with Gasteiger partial charge in [-0.15, -0.1) is 0 Å². The second kappa shape index (κ2) is 11.6. The van der Waals surface area contributed by atoms with E-state index < -0.39 is 47.8 Å². The maximum Gasteiger partial charge on any atom is 0.325 e. The molecular weight excluding hydrogens is 470 g/mol. The molecule has 3 unspecified atom stereocenters. The number of nitrogens with zero attached hydrogens (tertiary/aromatic N) is 1. The molecule has 0 aliphatic carbocycles. The van der Waals surface area contributed by atoms with Gasteiger partial charge in [0.1, 0.15) is 22.4 Å². The fourth-order valence-electron chi connectivity index (χ4n) is 2.84. The SMILES string of the molecule is CC(NC(=O)CCC(C(=O)NC(C)C(=O)O)N1C(=O)/C(=C\c2ccccc2)SC1=S)C(=O)O. The zero-order valence-corrected chi connectivity index (χ0v) is 19.4. The van der Waals surface area contributed by atoms with E-state index in [9.17, 15) is 24.0 Å². The molecule has 1 aliphatic heterocycles. The van der Waals surface area contributed by atoms with Crippen molar-refractivity contribution in [1.29, 1.82) is 0 Å². The van der Waals surface area contributed by atoms with Gasteiger partial charge in [0, 0.05) is 6.42 Å². The predicted molar refractivity (Wildman–Crippen MR) is 125 cm³/mol. The van der Waals surface area contributed by atoms with Crippen LogP contribution in [0.1, 0.15) is 32.3 Å². The third-order valence-electron chi connectivity index (χ3n) is 4.66. The van der Waals surface area contributed by atoms with Crippen molar-refractivity contribution in [2.75, 3.05) is 0 Å². The van der Waals surface area contributed by atoms with E-state index in [1.54, 1.807) is 30.3 Å². The normalized spacial score (nSPS) is 17.4. The van der Waals surface area contributed by atoms with E-state index in [4.69, 9.17) is 22.4 Å². The van der Waals surface area contributed by atoms with E-state index in [-0.39, 0.29) is 22.1 Å². The molecule has 3 amide bonds. The zero-order chi connectivity index (χ0) is 24.7. The van der Waals surface area contributed by atoms with Crippen molar-refractivity contribution in [2.45, 2.75) is 44.8 Å². The van der Waals surface area contributed by atoms with E-state index in [1.165, 1.54) is 13.8 Å². The molecule has 1 fully saturated rings. The quantitative estimate of drug-likeness (QED) is 0.278. The van der Waals surface area contributed by atoms with Gasteiger partial charge in [0.2, 0.25) is 11.8 Å². The Hall–Kier alpha value is -3.25. The molecule has 0 bridgehead atoms. The van der Waals surface area contributed by atoms with E-state index in [2.05, 4.69) is 10.6 Å². The smallest absolute Gasteiger partial charge is 0.325 e. The van der Waals surface area contributed by atoms with Gasteiger partial charge in [0.15, 0.2) is 0 Å². The molecule has 0 aromatic heterocycles. The third-order valence-corrected chi connectivity index (χ3v) is 5.99. The maximum atomic E-state index is 13.1. The average Bonchev–Trinajstić information content (AvgIpc) is 3.02. The van der Waals surface area contributed by atoms with Gasteiger partial charge >= 0.3 is 11.9 Å². The van der Waals surface area contributed by atoms with E-state index >= 15 is 0 Å². The van der Waals surface area contributed by atoms with Gasteiger partial charge in [0.25, 0.3) is 5.91 Å². The first-order chi connectivity index (χ1) is 15.5. The monoisotopic (exact) mass is 493 g/mol. The lowest BCUT2D eigenvalue weighted by Crippen LogP contribution is -2.52. The van der Waals surface area contributed by atoms with Gasteiger partial charge in [-0.25, -0.2) is 0 Å². The summed E-state index contributed by atoms with van der Waals surface area (Å²) in [6.45, 7) is 2.55. The number of nitrogens with one attached hydrogen (secondary N) is 2. The molecule has 176 valence electrons. The number of hydrogen-bond acceptors (Lipinski definition) is 7. The number of hydrogen-bond donors (Lipinski definition) is 4. The number of rotatable bonds is 10. The maximum absolute atomic E-state index is 13.1. The number of thioether (sulfide) groups is 1. The van der Waals surface area contributed by atoms with Crippen LogP contribution in [0.2, 0.25) is 0 Å². The van der Waals surface area contributed by atoms with Crippen LogP contribution < -0.4 is 10.6 Å². The van der Waals surface area contributed by atoms with Crippen molar-refractivity contribution >= 4 is 64.0 Å². The molecule has 3 atom stereocenters. The highest BCUT2D eigenvalue weighted by Crippen LogP contribution is 2.35. The summed E-state index contributed by atoms with van der Waals surface area (Å²) in [6, 6.07) is 5.37. The van der Waals surface area contributed by atoms with E-state index in [0.29, 0.717) is 0 Å². The first kappa shape index (κ1) is 26.0. The van der Waals surface area contributed by atoms with Crippen molar-refractivity contribution in [2.24, 2.45) is 0 Å². The molecular formula is C21H23N3O7S2. The number of carbonyl (C=O) groups excluding carboxylic acids is 3. The molecule has 0 radical (unpaired) electrons. The molecule has 10 nitrogen and oxygen atoms in total. The first-order valence-corrected chi connectivity index (χ1v) is 11.1. The molecule has 2 rings (SSSR count). The van der Waals surface area contributed by atoms with Crippen molar-refractivity contribution < 1.29 is 34.2 Å². The highest BCUT2D eigenvalue weighted by atomic mass is 32.2. The number of benzene rings is 1. The van der Waals surface area contributed by atoms with Crippen molar-refractivity contribution in [1.82, 2.24) is 15.5 Å². The lowest BCUT2D eigenvalue weighted by Gasteiger charge is -2.26. The Bertz CT molecular complexity index is 997. The Morgan fingerprint density at radius 3 is 2.21 bits per heavy atom. The van der Waals surface area contributed by atoms with Crippen LogP contribution in [-0.2, 0) is 24.0 Å². The number of aliphatic carboxylic acids is 2. The van der Waals surface area contributed by atoms with Gasteiger partial charge in [-0.1, -0.05) is 54.3 Å². The Balaban J connectivity index is 2.25. The van der Waals surface area contributed by atoms with Gasteiger partial charge in [-0.3, -0.25) is 28.9 Å². The van der Waals surface area contributed by atoms with Crippen molar-refractivity contribution in [3.8, 4) is 0 Å². The highest BCUT2D eigenvalue weighted by molar-refractivity contribution is 8.26. The van der Waals surface area contributed by atoms with E-state index in [0.717, 1.165) is 22.2 Å². The molecule has 1 aromatic carbocycles. The van der Waals surface area contributed by atoms with Crippen LogP contribution in [0.4, 0.5) is 0 Å². The predicted octanol–water partition coefficient (Wildman–Crippen LogP) is 1.22. The summed E-state index contributed by atoms with van der Waals surface area (Å²) in [5, 5.41) is 22.6. The van der Waals surface area contributed by atoms with Gasteiger partial charge in [0.05, 0.1) is 4.91 Å². The summed E-state index contributed by atoms with van der Waals surface area (Å²) in [7, 11) is 0. The van der Waals surface area contributed by atoms with E-state index in [1.807, 2.05) is 6.07 Å². The van der Waals surface area contributed by atoms with Gasteiger partial charge < -0.3 is 20.8 Å². The Morgan fingerprint density at radius 1 is 1.06 bits per heavy atom. The lowest BCUT2D eigenvalue weighted by atomic mass is 10.1. The molecule has 0 saturated carbocycles. The molecule has 1 saturated heterocycles. The largest absolute Gasteiger partial charge is 0.480 e. The Labute approximate surface area is 199 Å². The minimum absolute atomic E-state index is 0.0876. The fourth-order valence-corrected chi connectivity index (χ4v) is 4.20. The third kappa shape index (κ3) is 7.12. The molecule has 1 aromatic rings. The standard InChI is InChI=1S/C21H23N3O7S2/c1-11(19(28)29)22-16(25)9-8-14(17(26)23-12(2)20(30)31)24-18(27)15(33-21(24)32)10-13-6-4-3-5-7-13/h3-7,10-12,14H,8-9H2,1-2H3,(H,22,25)(H,23,26)(H,28,29)(H,30,31)/b15-10+. The minimum atomic E-state index is -1.27. The van der Waals surface area contributed by atoms with Crippen molar-refractivity contribution in [3.63, 3.8) is 0 Å². The number of carbonyl (C=O) groups is 5. The van der Waals surface area contributed by atoms with Crippen LogP contribution in [0.15, 0.2) is 35.2 Å². The number of carboxylic acid groups (broad SMARTS) is 2. The van der Waals surface area contributed by atoms with Crippen molar-refractivity contribution in [3.05, 3.63) is 40.8 Å². The summed E-state index contributed by atoms with van der Waals surface area (Å²) < 4.78 is 0.0876. The average molecular weight is 494 g/mol. The highest BCUT2D eigenvalue weighted by Gasteiger charge is 2.41. The summed E-state index contributed by atoms with van der Waals surface area (Å²) in [4.78, 5) is 61.5. The molecule has 1 heterocycles. The first-order valence-electron chi connectivity index (χ1n) is 9.88. The Kier molecular flexibility index (Phi) is 9.12. The second-order valence-electron chi connectivity index (χ2n) is 7.21. The topological polar surface area (TPSA) is 153 Å². The number of amides is 3. The number of thiocarbonyl (C=S) groups is 1.